The number of fused-ring (bicyclic) bond motifs is 1. The Balaban J connectivity index is 1.86. The molecule has 0 radical (unpaired) electrons. The number of aromatic nitrogens is 1. The van der Waals surface area contributed by atoms with Gasteiger partial charge in [0.25, 0.3) is 0 Å². The van der Waals surface area contributed by atoms with Crippen LogP contribution < -0.4 is 5.32 Å². The van der Waals surface area contributed by atoms with E-state index in [0.29, 0.717) is 29.7 Å². The Hall–Kier alpha value is -1.82. The van der Waals surface area contributed by atoms with Gasteiger partial charge in [-0.2, -0.15) is 13.2 Å². The SMILES string of the molecule is CC(C)C[C@@H](CNc1cc(C(F)(F)F)nc2ccccc12)N1CCCC1. The molecule has 2 heterocycles. The second kappa shape index (κ2) is 7.82. The van der Waals surface area contributed by atoms with E-state index in [0.717, 1.165) is 31.0 Å². The molecule has 2 aromatic rings. The summed E-state index contributed by atoms with van der Waals surface area (Å²) >= 11 is 0. The molecule has 26 heavy (non-hydrogen) atoms. The topological polar surface area (TPSA) is 28.2 Å². The number of likely N-dealkylation sites (tertiary alicyclic amines) is 1. The second-order valence-electron chi connectivity index (χ2n) is 7.48. The fraction of sp³-hybridized carbons (Fsp3) is 0.550. The highest BCUT2D eigenvalue weighted by Gasteiger charge is 2.33. The molecule has 3 rings (SSSR count). The molecule has 6 heteroatoms. The highest BCUT2D eigenvalue weighted by Crippen LogP contribution is 2.33. The minimum Gasteiger partial charge on any atom is -0.383 e. The first kappa shape index (κ1) is 19.0. The lowest BCUT2D eigenvalue weighted by Crippen LogP contribution is -2.39. The molecule has 1 aromatic heterocycles. The molecular weight excluding hydrogens is 339 g/mol. The summed E-state index contributed by atoms with van der Waals surface area (Å²) in [6.45, 7) is 7.16. The lowest BCUT2D eigenvalue weighted by molar-refractivity contribution is -0.140. The molecule has 1 N–H and O–H groups in total. The number of nitrogens with zero attached hydrogens (tertiary/aromatic N) is 2. The summed E-state index contributed by atoms with van der Waals surface area (Å²) in [5.74, 6) is 0.544. The van der Waals surface area contributed by atoms with Crippen molar-refractivity contribution >= 4 is 16.6 Å². The number of hydrogen-bond donors (Lipinski definition) is 1. The summed E-state index contributed by atoms with van der Waals surface area (Å²) in [6, 6.07) is 8.46. The third-order valence-electron chi connectivity index (χ3n) is 4.94. The fourth-order valence-electron chi connectivity index (χ4n) is 3.71. The average Bonchev–Trinajstić information content (AvgIpc) is 3.11. The number of nitrogens with one attached hydrogen (secondary N) is 1. The van der Waals surface area contributed by atoms with E-state index >= 15 is 0 Å². The quantitative estimate of drug-likeness (QED) is 0.765. The van der Waals surface area contributed by atoms with E-state index in [4.69, 9.17) is 0 Å². The Morgan fingerprint density at radius 3 is 2.50 bits per heavy atom. The van der Waals surface area contributed by atoms with Gasteiger partial charge in [-0.25, -0.2) is 4.98 Å². The number of para-hydroxylation sites is 1. The van der Waals surface area contributed by atoms with E-state index in [2.05, 4.69) is 29.0 Å². The predicted molar refractivity (Wildman–Crippen MR) is 99.3 cm³/mol. The van der Waals surface area contributed by atoms with Gasteiger partial charge >= 0.3 is 6.18 Å². The van der Waals surface area contributed by atoms with Gasteiger partial charge in [-0.1, -0.05) is 32.0 Å². The molecule has 1 aliphatic rings. The Morgan fingerprint density at radius 1 is 1.15 bits per heavy atom. The van der Waals surface area contributed by atoms with Gasteiger partial charge in [-0.3, -0.25) is 4.90 Å². The van der Waals surface area contributed by atoms with Crippen LogP contribution in [0.1, 0.15) is 38.8 Å². The largest absolute Gasteiger partial charge is 0.433 e. The zero-order valence-electron chi connectivity index (χ0n) is 15.3. The van der Waals surface area contributed by atoms with Crippen molar-refractivity contribution in [3.05, 3.63) is 36.0 Å². The molecule has 142 valence electrons. The van der Waals surface area contributed by atoms with Gasteiger partial charge in [0, 0.05) is 23.7 Å². The predicted octanol–water partition coefficient (Wildman–Crippen LogP) is 5.18. The molecule has 0 bridgehead atoms. The molecule has 1 saturated heterocycles. The Bertz CT molecular complexity index is 737. The van der Waals surface area contributed by atoms with E-state index in [1.807, 2.05) is 12.1 Å². The second-order valence-corrected chi connectivity index (χ2v) is 7.48. The summed E-state index contributed by atoms with van der Waals surface area (Å²) in [4.78, 5) is 6.24. The number of rotatable bonds is 6. The molecule has 1 atom stereocenters. The standard InChI is InChI=1S/C20H26F3N3/c1-14(2)11-15(26-9-5-6-10-26)13-24-18-12-19(20(21,22)23)25-17-8-4-3-7-16(17)18/h3-4,7-8,12,14-15H,5-6,9-11,13H2,1-2H3,(H,24,25)/t15-/m0/s1. The highest BCUT2D eigenvalue weighted by atomic mass is 19.4. The van der Waals surface area contributed by atoms with Crippen molar-refractivity contribution in [1.29, 1.82) is 0 Å². The fourth-order valence-corrected chi connectivity index (χ4v) is 3.71. The maximum absolute atomic E-state index is 13.2. The normalized spacial score (nSPS) is 17.2. The lowest BCUT2D eigenvalue weighted by atomic mass is 10.0. The molecule has 1 fully saturated rings. The van der Waals surface area contributed by atoms with Crippen molar-refractivity contribution in [2.75, 3.05) is 25.0 Å². The monoisotopic (exact) mass is 365 g/mol. The first-order valence-corrected chi connectivity index (χ1v) is 9.29. The first-order chi connectivity index (χ1) is 12.3. The number of benzene rings is 1. The molecule has 0 amide bonds. The van der Waals surface area contributed by atoms with Gasteiger partial charge in [0.15, 0.2) is 0 Å². The van der Waals surface area contributed by atoms with Gasteiger partial charge < -0.3 is 5.32 Å². The van der Waals surface area contributed by atoms with Crippen molar-refractivity contribution in [1.82, 2.24) is 9.88 Å². The number of alkyl halides is 3. The van der Waals surface area contributed by atoms with Gasteiger partial charge in [0.05, 0.1) is 5.52 Å². The van der Waals surface area contributed by atoms with E-state index in [1.54, 1.807) is 12.1 Å². The molecule has 0 unspecified atom stereocenters. The molecule has 0 saturated carbocycles. The van der Waals surface area contributed by atoms with Crippen molar-refractivity contribution < 1.29 is 13.2 Å². The van der Waals surface area contributed by atoms with Crippen LogP contribution >= 0.6 is 0 Å². The molecule has 0 spiro atoms. The smallest absolute Gasteiger partial charge is 0.383 e. The van der Waals surface area contributed by atoms with Crippen LogP contribution in [0.2, 0.25) is 0 Å². The van der Waals surface area contributed by atoms with E-state index in [-0.39, 0.29) is 0 Å². The van der Waals surface area contributed by atoms with E-state index in [9.17, 15) is 13.2 Å². The zero-order chi connectivity index (χ0) is 18.7. The van der Waals surface area contributed by atoms with Crippen molar-refractivity contribution in [2.45, 2.75) is 45.3 Å². The third-order valence-corrected chi connectivity index (χ3v) is 4.94. The first-order valence-electron chi connectivity index (χ1n) is 9.29. The Kier molecular flexibility index (Phi) is 5.70. The Labute approximate surface area is 152 Å². The molecular formula is C20H26F3N3. The van der Waals surface area contributed by atoms with Crippen LogP contribution in [-0.4, -0.2) is 35.6 Å². The number of hydrogen-bond acceptors (Lipinski definition) is 3. The summed E-state index contributed by atoms with van der Waals surface area (Å²) in [5, 5.41) is 4.03. The van der Waals surface area contributed by atoms with Crippen molar-refractivity contribution in [2.24, 2.45) is 5.92 Å². The molecule has 3 nitrogen and oxygen atoms in total. The van der Waals surface area contributed by atoms with Gasteiger partial charge in [0.2, 0.25) is 0 Å². The van der Waals surface area contributed by atoms with Crippen molar-refractivity contribution in [3.63, 3.8) is 0 Å². The minimum absolute atomic E-state index is 0.332. The summed E-state index contributed by atoms with van der Waals surface area (Å²) in [7, 11) is 0. The van der Waals surface area contributed by atoms with Crippen molar-refractivity contribution in [3.8, 4) is 0 Å². The summed E-state index contributed by atoms with van der Waals surface area (Å²) in [5.41, 5.74) is 0.0302. The summed E-state index contributed by atoms with van der Waals surface area (Å²) in [6.07, 6.45) is -1.02. The van der Waals surface area contributed by atoms with Crippen LogP contribution in [0, 0.1) is 5.92 Å². The van der Waals surface area contributed by atoms with E-state index in [1.165, 1.54) is 12.8 Å². The average molecular weight is 365 g/mol. The minimum atomic E-state index is -4.45. The van der Waals surface area contributed by atoms with Gasteiger partial charge in [0.1, 0.15) is 5.69 Å². The maximum Gasteiger partial charge on any atom is 0.433 e. The highest BCUT2D eigenvalue weighted by molar-refractivity contribution is 5.91. The van der Waals surface area contributed by atoms with Crippen LogP contribution in [0.15, 0.2) is 30.3 Å². The maximum atomic E-state index is 13.2. The van der Waals surface area contributed by atoms with Crippen LogP contribution in [0.5, 0.6) is 0 Å². The lowest BCUT2D eigenvalue weighted by Gasteiger charge is -2.29. The van der Waals surface area contributed by atoms with Gasteiger partial charge in [-0.15, -0.1) is 0 Å². The number of halogens is 3. The number of pyridine rings is 1. The molecule has 1 aliphatic heterocycles. The number of anilines is 1. The molecule has 0 aliphatic carbocycles. The Morgan fingerprint density at radius 2 is 1.85 bits per heavy atom. The van der Waals surface area contributed by atoms with Crippen LogP contribution in [0.4, 0.5) is 18.9 Å². The molecule has 1 aromatic carbocycles. The van der Waals surface area contributed by atoms with Crippen LogP contribution in [-0.2, 0) is 6.18 Å². The van der Waals surface area contributed by atoms with Crippen LogP contribution in [0.3, 0.4) is 0 Å². The van der Waals surface area contributed by atoms with Gasteiger partial charge in [-0.05, 0) is 50.4 Å². The van der Waals surface area contributed by atoms with E-state index < -0.39 is 11.9 Å². The zero-order valence-corrected chi connectivity index (χ0v) is 15.3. The summed E-state index contributed by atoms with van der Waals surface area (Å²) < 4.78 is 39.6. The third kappa shape index (κ3) is 4.47. The van der Waals surface area contributed by atoms with Crippen LogP contribution in [0.25, 0.3) is 10.9 Å².